The number of hydrogen-bond donors (Lipinski definition) is 0. The Morgan fingerprint density at radius 3 is 1.23 bits per heavy atom. The standard InChI is InChI=1S/C33H43N3O8/c1-32(2)22-18-26(43-8)24(41-6)16-20(22)28(37)35(30(32)39)14-10-12-34(5)13-11-15-36-29(38)21-17-25(42-7)27(44-9)19-23(21)33(3,4)31(36)40/h16-19H,10-15H2,1-9H3. The molecule has 0 radical (unpaired) electrons. The van der Waals surface area contributed by atoms with E-state index < -0.39 is 10.8 Å². The second kappa shape index (κ2) is 12.5. The molecule has 2 heterocycles. The molecule has 0 fully saturated rings. The molecule has 4 amide bonds. The Morgan fingerprint density at radius 2 is 0.909 bits per heavy atom. The number of nitrogens with zero attached hydrogens (tertiary/aromatic N) is 3. The number of carbonyl (C=O) groups excluding carboxylic acids is 4. The Hall–Kier alpha value is -4.12. The first kappa shape index (κ1) is 32.8. The summed E-state index contributed by atoms with van der Waals surface area (Å²) in [5, 5.41) is 0. The largest absolute Gasteiger partial charge is 0.493 e. The van der Waals surface area contributed by atoms with Crippen molar-refractivity contribution < 1.29 is 38.1 Å². The van der Waals surface area contributed by atoms with Gasteiger partial charge in [0.2, 0.25) is 11.8 Å². The lowest BCUT2D eigenvalue weighted by molar-refractivity contribution is -0.135. The zero-order valence-electron chi connectivity index (χ0n) is 27.2. The average Bonchev–Trinajstić information content (AvgIpc) is 3.01. The van der Waals surface area contributed by atoms with Crippen LogP contribution in [0.2, 0.25) is 0 Å². The number of imide groups is 2. The van der Waals surface area contributed by atoms with Gasteiger partial charge in [0.1, 0.15) is 0 Å². The van der Waals surface area contributed by atoms with Gasteiger partial charge in [-0.05, 0) is 96.1 Å². The SMILES string of the molecule is COc1cc2c(cc1OC)C(C)(C)C(=O)N(CCCN(C)CCCN1C(=O)c3cc(OC)c(OC)cc3C(C)(C)C1=O)C2=O. The highest BCUT2D eigenvalue weighted by molar-refractivity contribution is 6.14. The molecule has 2 aliphatic rings. The van der Waals surface area contributed by atoms with Gasteiger partial charge in [0.15, 0.2) is 23.0 Å². The minimum absolute atomic E-state index is 0.260. The molecular weight excluding hydrogens is 566 g/mol. The minimum Gasteiger partial charge on any atom is -0.493 e. The number of hydrogen-bond acceptors (Lipinski definition) is 9. The monoisotopic (exact) mass is 609 g/mol. The lowest BCUT2D eigenvalue weighted by Crippen LogP contribution is -2.52. The zero-order chi connectivity index (χ0) is 32.6. The van der Waals surface area contributed by atoms with Gasteiger partial charge in [0, 0.05) is 24.2 Å². The van der Waals surface area contributed by atoms with Crippen molar-refractivity contribution >= 4 is 23.6 Å². The lowest BCUT2D eigenvalue weighted by Gasteiger charge is -2.38. The molecule has 0 bridgehead atoms. The summed E-state index contributed by atoms with van der Waals surface area (Å²) in [5.41, 5.74) is 0.259. The molecule has 11 heteroatoms. The van der Waals surface area contributed by atoms with Gasteiger partial charge in [-0.2, -0.15) is 0 Å². The highest BCUT2D eigenvalue weighted by atomic mass is 16.5. The van der Waals surface area contributed by atoms with Gasteiger partial charge in [0.25, 0.3) is 11.8 Å². The van der Waals surface area contributed by atoms with Crippen molar-refractivity contribution in [2.45, 2.75) is 51.4 Å². The van der Waals surface area contributed by atoms with Gasteiger partial charge in [-0.15, -0.1) is 0 Å². The quantitative estimate of drug-likeness (QED) is 0.333. The van der Waals surface area contributed by atoms with E-state index in [2.05, 4.69) is 4.90 Å². The number of amides is 4. The molecule has 238 valence electrons. The van der Waals surface area contributed by atoms with Crippen LogP contribution in [0.25, 0.3) is 0 Å². The number of methoxy groups -OCH3 is 4. The Kier molecular flexibility index (Phi) is 9.29. The van der Waals surface area contributed by atoms with E-state index in [1.807, 2.05) is 7.05 Å². The first-order valence-electron chi connectivity index (χ1n) is 14.7. The van der Waals surface area contributed by atoms with E-state index in [0.29, 0.717) is 71.2 Å². The van der Waals surface area contributed by atoms with Crippen molar-refractivity contribution in [3.05, 3.63) is 46.5 Å². The maximum Gasteiger partial charge on any atom is 0.260 e. The van der Waals surface area contributed by atoms with Crippen LogP contribution in [0.3, 0.4) is 0 Å². The molecule has 2 aliphatic heterocycles. The number of rotatable bonds is 12. The predicted octanol–water partition coefficient (Wildman–Crippen LogP) is 3.65. The molecule has 2 aromatic carbocycles. The number of ether oxygens (including phenoxy) is 4. The van der Waals surface area contributed by atoms with E-state index in [9.17, 15) is 19.2 Å². The van der Waals surface area contributed by atoms with E-state index in [-0.39, 0.29) is 36.7 Å². The predicted molar refractivity (Wildman–Crippen MR) is 164 cm³/mol. The van der Waals surface area contributed by atoms with E-state index in [1.54, 1.807) is 52.0 Å². The van der Waals surface area contributed by atoms with Crippen molar-refractivity contribution in [1.82, 2.24) is 14.7 Å². The lowest BCUT2D eigenvalue weighted by atomic mass is 9.77. The van der Waals surface area contributed by atoms with E-state index in [4.69, 9.17) is 18.9 Å². The number of fused-ring (bicyclic) bond motifs is 2. The van der Waals surface area contributed by atoms with Crippen LogP contribution in [0.5, 0.6) is 23.0 Å². The summed E-state index contributed by atoms with van der Waals surface area (Å²) < 4.78 is 21.6. The van der Waals surface area contributed by atoms with E-state index in [0.717, 1.165) is 0 Å². The first-order valence-corrected chi connectivity index (χ1v) is 14.7. The summed E-state index contributed by atoms with van der Waals surface area (Å²) in [6.07, 6.45) is 1.13. The van der Waals surface area contributed by atoms with Crippen molar-refractivity contribution in [3.8, 4) is 23.0 Å². The van der Waals surface area contributed by atoms with Crippen LogP contribution in [-0.2, 0) is 20.4 Å². The smallest absolute Gasteiger partial charge is 0.260 e. The van der Waals surface area contributed by atoms with Crippen LogP contribution in [0.15, 0.2) is 24.3 Å². The summed E-state index contributed by atoms with van der Waals surface area (Å²) in [4.78, 5) is 58.3. The van der Waals surface area contributed by atoms with Crippen LogP contribution in [0.1, 0.15) is 72.4 Å². The molecule has 0 atom stereocenters. The Morgan fingerprint density at radius 1 is 0.591 bits per heavy atom. The van der Waals surface area contributed by atoms with Crippen LogP contribution in [0.4, 0.5) is 0 Å². The first-order chi connectivity index (χ1) is 20.7. The molecule has 2 aromatic rings. The molecular formula is C33H43N3O8. The second-order valence-corrected chi connectivity index (χ2v) is 12.3. The summed E-state index contributed by atoms with van der Waals surface area (Å²) in [7, 11) is 7.99. The molecule has 0 saturated carbocycles. The molecule has 0 aliphatic carbocycles. The van der Waals surface area contributed by atoms with E-state index >= 15 is 0 Å². The van der Waals surface area contributed by atoms with Crippen molar-refractivity contribution in [2.75, 3.05) is 61.7 Å². The molecule has 0 aromatic heterocycles. The van der Waals surface area contributed by atoms with Crippen molar-refractivity contribution in [2.24, 2.45) is 0 Å². The van der Waals surface area contributed by atoms with Gasteiger partial charge in [-0.1, -0.05) is 0 Å². The second-order valence-electron chi connectivity index (χ2n) is 12.3. The highest BCUT2D eigenvalue weighted by Gasteiger charge is 2.46. The van der Waals surface area contributed by atoms with Crippen LogP contribution >= 0.6 is 0 Å². The summed E-state index contributed by atoms with van der Waals surface area (Å²) in [6, 6.07) is 6.69. The van der Waals surface area contributed by atoms with Gasteiger partial charge in [-0.25, -0.2) is 0 Å². The minimum atomic E-state index is -0.913. The maximum atomic E-state index is 13.4. The molecule has 0 N–H and O–H groups in total. The van der Waals surface area contributed by atoms with Crippen LogP contribution in [0, 0.1) is 0 Å². The van der Waals surface area contributed by atoms with Gasteiger partial charge in [-0.3, -0.25) is 29.0 Å². The average molecular weight is 610 g/mol. The third-order valence-electron chi connectivity index (χ3n) is 8.75. The number of carbonyl (C=O) groups is 4. The topological polar surface area (TPSA) is 115 Å². The van der Waals surface area contributed by atoms with Crippen LogP contribution < -0.4 is 18.9 Å². The third-order valence-corrected chi connectivity index (χ3v) is 8.75. The van der Waals surface area contributed by atoms with Crippen molar-refractivity contribution in [3.63, 3.8) is 0 Å². The summed E-state index contributed by atoms with van der Waals surface area (Å²) >= 11 is 0. The fourth-order valence-electron chi connectivity index (χ4n) is 6.04. The Balaban J connectivity index is 1.37. The number of benzene rings is 2. The summed E-state index contributed by atoms with van der Waals surface area (Å²) in [5.74, 6) is 0.570. The normalized spacial score (nSPS) is 17.0. The fourth-order valence-corrected chi connectivity index (χ4v) is 6.04. The molecule has 0 spiro atoms. The molecule has 44 heavy (non-hydrogen) atoms. The molecule has 0 saturated heterocycles. The van der Waals surface area contributed by atoms with Gasteiger partial charge >= 0.3 is 0 Å². The van der Waals surface area contributed by atoms with Crippen molar-refractivity contribution in [1.29, 1.82) is 0 Å². The third kappa shape index (κ3) is 5.60. The Bertz CT molecular complexity index is 1370. The molecule has 11 nitrogen and oxygen atoms in total. The van der Waals surface area contributed by atoms with Gasteiger partial charge in [0.05, 0.1) is 39.3 Å². The maximum absolute atomic E-state index is 13.4. The molecule has 4 rings (SSSR count). The van der Waals surface area contributed by atoms with Crippen LogP contribution in [-0.4, -0.2) is 100.0 Å². The van der Waals surface area contributed by atoms with E-state index in [1.165, 1.54) is 38.2 Å². The molecule has 0 unspecified atom stereocenters. The van der Waals surface area contributed by atoms with Gasteiger partial charge < -0.3 is 23.8 Å². The fraction of sp³-hybridized carbons (Fsp3) is 0.515. The highest BCUT2D eigenvalue weighted by Crippen LogP contribution is 2.42. The summed E-state index contributed by atoms with van der Waals surface area (Å²) in [6.45, 7) is 8.98. The zero-order valence-corrected chi connectivity index (χ0v) is 27.2. The Labute approximate surface area is 259 Å².